The first-order valence-electron chi connectivity index (χ1n) is 5.95. The molecule has 0 aliphatic rings. The first-order chi connectivity index (χ1) is 10.1. The van der Waals surface area contributed by atoms with Crippen molar-refractivity contribution in [3.05, 3.63) is 44.7 Å². The summed E-state index contributed by atoms with van der Waals surface area (Å²) < 4.78 is 6.28. The van der Waals surface area contributed by atoms with Crippen LogP contribution in [0.4, 0.5) is 6.01 Å². The van der Waals surface area contributed by atoms with Crippen LogP contribution in [0, 0.1) is 6.92 Å². The van der Waals surface area contributed by atoms with Crippen molar-refractivity contribution in [2.75, 3.05) is 5.32 Å². The normalized spacial score (nSPS) is 10.6. The lowest BCUT2D eigenvalue weighted by Gasteiger charge is -2.00. The van der Waals surface area contributed by atoms with Crippen LogP contribution in [0.3, 0.4) is 0 Å². The van der Waals surface area contributed by atoms with Crippen LogP contribution in [0.15, 0.2) is 38.5 Å². The Labute approximate surface area is 132 Å². The topological polar surface area (TPSA) is 80.9 Å². The van der Waals surface area contributed by atoms with Gasteiger partial charge in [0.15, 0.2) is 0 Å². The lowest BCUT2D eigenvalue weighted by atomic mass is 10.2. The molecule has 3 rings (SSSR count). The smallest absolute Gasteiger partial charge is 0.322 e. The molecule has 0 aliphatic heterocycles. The van der Waals surface area contributed by atoms with Crippen molar-refractivity contribution in [1.29, 1.82) is 0 Å². The Hall–Kier alpha value is -2.06. The van der Waals surface area contributed by atoms with E-state index >= 15 is 0 Å². The van der Waals surface area contributed by atoms with Crippen LogP contribution in [0.5, 0.6) is 0 Å². The highest BCUT2D eigenvalue weighted by atomic mass is 79.9. The Balaban J connectivity index is 1.75. The summed E-state index contributed by atoms with van der Waals surface area (Å²) >= 11 is 4.80. The molecule has 0 saturated carbocycles. The van der Waals surface area contributed by atoms with E-state index in [9.17, 15) is 4.79 Å². The molecule has 2 heterocycles. The molecule has 0 radical (unpaired) electrons. The molecule has 0 atom stereocenters. The van der Waals surface area contributed by atoms with E-state index in [1.165, 1.54) is 11.3 Å². The van der Waals surface area contributed by atoms with Crippen LogP contribution < -0.4 is 5.32 Å². The number of aryl methyl sites for hydroxylation is 1. The molecule has 2 aromatic heterocycles. The van der Waals surface area contributed by atoms with Gasteiger partial charge in [-0.05, 0) is 31.2 Å². The van der Waals surface area contributed by atoms with Crippen LogP contribution in [-0.4, -0.2) is 21.1 Å². The minimum Gasteiger partial charge on any atom is -0.401 e. The second-order valence-electron chi connectivity index (χ2n) is 4.13. The van der Waals surface area contributed by atoms with E-state index in [4.69, 9.17) is 4.42 Å². The van der Waals surface area contributed by atoms with E-state index < -0.39 is 0 Å². The van der Waals surface area contributed by atoms with Crippen LogP contribution >= 0.6 is 27.3 Å². The number of amides is 1. The first-order valence-corrected chi connectivity index (χ1v) is 7.62. The van der Waals surface area contributed by atoms with E-state index in [2.05, 4.69) is 36.4 Å². The number of hydrogen-bond acceptors (Lipinski definition) is 6. The molecule has 0 spiro atoms. The molecule has 1 aromatic carbocycles. The third-order valence-electron chi connectivity index (χ3n) is 2.59. The van der Waals surface area contributed by atoms with Crippen LogP contribution in [0.1, 0.15) is 15.4 Å². The van der Waals surface area contributed by atoms with Crippen molar-refractivity contribution < 1.29 is 9.21 Å². The number of carbonyl (C=O) groups excluding carboxylic acids is 1. The van der Waals surface area contributed by atoms with Crippen LogP contribution in [0.2, 0.25) is 0 Å². The first kappa shape index (κ1) is 13.9. The van der Waals surface area contributed by atoms with Crippen molar-refractivity contribution in [3.63, 3.8) is 0 Å². The van der Waals surface area contributed by atoms with Gasteiger partial charge in [-0.3, -0.25) is 10.1 Å². The van der Waals surface area contributed by atoms with Crippen LogP contribution in [0.25, 0.3) is 11.6 Å². The minimum atomic E-state index is -0.313. The Morgan fingerprint density at radius 1 is 1.29 bits per heavy atom. The predicted octanol–water partition coefficient (Wildman–Crippen LogP) is 3.52. The fourth-order valence-corrected chi connectivity index (χ4v) is 2.46. The summed E-state index contributed by atoms with van der Waals surface area (Å²) in [6, 6.07) is 7.00. The number of rotatable bonds is 3. The Kier molecular flexibility index (Phi) is 3.80. The Morgan fingerprint density at radius 3 is 2.71 bits per heavy atom. The van der Waals surface area contributed by atoms with Gasteiger partial charge >= 0.3 is 6.01 Å². The fourth-order valence-electron chi connectivity index (χ4n) is 1.61. The largest absolute Gasteiger partial charge is 0.401 e. The second kappa shape index (κ2) is 5.74. The molecule has 6 nitrogen and oxygen atoms in total. The molecule has 1 N–H and O–H groups in total. The molecule has 0 bridgehead atoms. The van der Waals surface area contributed by atoms with Crippen molar-refractivity contribution >= 4 is 39.2 Å². The average Bonchev–Trinajstić information content (AvgIpc) is 3.08. The summed E-state index contributed by atoms with van der Waals surface area (Å²) in [5, 5.41) is 12.9. The number of carbonyl (C=O) groups is 1. The average molecular weight is 365 g/mol. The van der Waals surface area contributed by atoms with Crippen molar-refractivity contribution in [1.82, 2.24) is 15.2 Å². The van der Waals surface area contributed by atoms with Gasteiger partial charge in [0.05, 0.1) is 5.01 Å². The molecule has 106 valence electrons. The molecule has 1 amide bonds. The molecule has 0 fully saturated rings. The standard InChI is InChI=1S/C13H9BrN4O2S/c1-7-15-10(6-21-7)12-17-18-13(20-12)16-11(19)8-2-4-9(14)5-3-8/h2-6H,1H3,(H,16,18,19). The van der Waals surface area contributed by atoms with Crippen molar-refractivity contribution in [2.24, 2.45) is 0 Å². The van der Waals surface area contributed by atoms with Gasteiger partial charge in [-0.15, -0.1) is 16.4 Å². The number of benzene rings is 1. The quantitative estimate of drug-likeness (QED) is 0.768. The summed E-state index contributed by atoms with van der Waals surface area (Å²) in [4.78, 5) is 16.3. The number of thiazole rings is 1. The Bertz CT molecular complexity index is 782. The number of hydrogen-bond donors (Lipinski definition) is 1. The number of halogens is 1. The van der Waals surface area contributed by atoms with Gasteiger partial charge in [0, 0.05) is 15.4 Å². The van der Waals surface area contributed by atoms with Crippen molar-refractivity contribution in [2.45, 2.75) is 6.92 Å². The molecule has 0 saturated heterocycles. The van der Waals surface area contributed by atoms with Gasteiger partial charge in [-0.2, -0.15) is 0 Å². The van der Waals surface area contributed by atoms with Gasteiger partial charge in [0.25, 0.3) is 11.8 Å². The van der Waals surface area contributed by atoms with Crippen molar-refractivity contribution in [3.8, 4) is 11.6 Å². The summed E-state index contributed by atoms with van der Waals surface area (Å²) in [6.07, 6.45) is 0. The van der Waals surface area contributed by atoms with Gasteiger partial charge < -0.3 is 4.42 Å². The highest BCUT2D eigenvalue weighted by Crippen LogP contribution is 2.22. The third kappa shape index (κ3) is 3.17. The monoisotopic (exact) mass is 364 g/mol. The van der Waals surface area contributed by atoms with Gasteiger partial charge in [0.2, 0.25) is 0 Å². The zero-order valence-corrected chi connectivity index (χ0v) is 13.2. The lowest BCUT2D eigenvalue weighted by Crippen LogP contribution is -2.11. The van der Waals surface area contributed by atoms with Gasteiger partial charge in [-0.1, -0.05) is 21.0 Å². The zero-order chi connectivity index (χ0) is 14.8. The number of nitrogens with zero attached hydrogens (tertiary/aromatic N) is 3. The maximum Gasteiger partial charge on any atom is 0.322 e. The van der Waals surface area contributed by atoms with E-state index in [0.29, 0.717) is 11.3 Å². The predicted molar refractivity (Wildman–Crippen MR) is 82.2 cm³/mol. The number of aromatic nitrogens is 3. The van der Waals surface area contributed by atoms with E-state index in [1.54, 1.807) is 24.3 Å². The van der Waals surface area contributed by atoms with Gasteiger partial charge in [0.1, 0.15) is 5.69 Å². The molecule has 21 heavy (non-hydrogen) atoms. The molecule has 0 aliphatic carbocycles. The van der Waals surface area contributed by atoms with E-state index in [-0.39, 0.29) is 17.8 Å². The summed E-state index contributed by atoms with van der Waals surface area (Å²) in [6.45, 7) is 1.89. The number of nitrogens with one attached hydrogen (secondary N) is 1. The third-order valence-corrected chi connectivity index (χ3v) is 3.89. The maximum absolute atomic E-state index is 12.0. The molecule has 3 aromatic rings. The van der Waals surface area contributed by atoms with E-state index in [0.717, 1.165) is 9.48 Å². The molecule has 8 heteroatoms. The highest BCUT2D eigenvalue weighted by molar-refractivity contribution is 9.10. The fraction of sp³-hybridized carbons (Fsp3) is 0.0769. The SMILES string of the molecule is Cc1nc(-c2nnc(NC(=O)c3ccc(Br)cc3)o2)cs1. The molecular weight excluding hydrogens is 356 g/mol. The summed E-state index contributed by atoms with van der Waals surface area (Å²) in [5.74, 6) is -0.0300. The highest BCUT2D eigenvalue weighted by Gasteiger charge is 2.14. The molecule has 0 unspecified atom stereocenters. The number of anilines is 1. The lowest BCUT2D eigenvalue weighted by molar-refractivity contribution is 0.102. The minimum absolute atomic E-state index is 0.0450. The summed E-state index contributed by atoms with van der Waals surface area (Å²) in [7, 11) is 0. The second-order valence-corrected chi connectivity index (χ2v) is 6.10. The molecular formula is C13H9BrN4O2S. The van der Waals surface area contributed by atoms with E-state index in [1.807, 2.05) is 12.3 Å². The maximum atomic E-state index is 12.0. The van der Waals surface area contributed by atoms with Gasteiger partial charge in [-0.25, -0.2) is 4.98 Å². The zero-order valence-electron chi connectivity index (χ0n) is 10.8. The summed E-state index contributed by atoms with van der Waals surface area (Å²) in [5.41, 5.74) is 1.11. The Morgan fingerprint density at radius 2 is 2.05 bits per heavy atom. The van der Waals surface area contributed by atoms with Crippen LogP contribution in [-0.2, 0) is 0 Å².